The number of likely N-dealkylation sites (N-methyl/N-ethyl adjacent to an activating group) is 1. The molecule has 1 aromatic rings. The summed E-state index contributed by atoms with van der Waals surface area (Å²) in [5.74, 6) is 0.0904. The van der Waals surface area contributed by atoms with Gasteiger partial charge in [-0.05, 0) is 42.7 Å². The lowest BCUT2D eigenvalue weighted by Crippen LogP contribution is -2.12. The molecule has 0 N–H and O–H groups in total. The fourth-order valence-electron chi connectivity index (χ4n) is 1.90. The van der Waals surface area contributed by atoms with Crippen molar-refractivity contribution in [3.05, 3.63) is 35.4 Å². The van der Waals surface area contributed by atoms with Gasteiger partial charge in [-0.2, -0.15) is 0 Å². The number of carbonyl (C=O) groups excluding carboxylic acids is 1. The highest BCUT2D eigenvalue weighted by Crippen LogP contribution is 2.27. The third kappa shape index (κ3) is 2.09. The summed E-state index contributed by atoms with van der Waals surface area (Å²) < 4.78 is 0. The number of carbonyl (C=O) groups is 1. The lowest BCUT2D eigenvalue weighted by molar-refractivity contribution is -0.112. The third-order valence-corrected chi connectivity index (χ3v) is 2.74. The van der Waals surface area contributed by atoms with Gasteiger partial charge in [-0.15, -0.1) is 0 Å². The molecular formula is C13H15NO. The Morgan fingerprint density at radius 3 is 3.00 bits per heavy atom. The Morgan fingerprint density at radius 2 is 2.27 bits per heavy atom. The van der Waals surface area contributed by atoms with Gasteiger partial charge in [0, 0.05) is 19.3 Å². The second-order valence-corrected chi connectivity index (χ2v) is 4.00. The van der Waals surface area contributed by atoms with E-state index in [-0.39, 0.29) is 5.78 Å². The van der Waals surface area contributed by atoms with Crippen molar-refractivity contribution in [2.24, 2.45) is 0 Å². The van der Waals surface area contributed by atoms with Gasteiger partial charge in [0.1, 0.15) is 0 Å². The van der Waals surface area contributed by atoms with Crippen LogP contribution >= 0.6 is 0 Å². The van der Waals surface area contributed by atoms with Crippen molar-refractivity contribution >= 4 is 17.5 Å². The van der Waals surface area contributed by atoms with Crippen molar-refractivity contribution in [2.45, 2.75) is 13.3 Å². The minimum absolute atomic E-state index is 0.0904. The molecule has 1 aromatic carbocycles. The molecule has 2 heteroatoms. The average molecular weight is 201 g/mol. The second-order valence-electron chi connectivity index (χ2n) is 4.00. The molecule has 2 rings (SSSR count). The molecule has 0 unspecified atom stereocenters. The number of anilines is 1. The summed E-state index contributed by atoms with van der Waals surface area (Å²) in [5.41, 5.74) is 3.80. The molecule has 0 fully saturated rings. The molecule has 0 bridgehead atoms. The van der Waals surface area contributed by atoms with Gasteiger partial charge in [0.15, 0.2) is 5.78 Å². The number of nitrogens with zero attached hydrogens (tertiary/aromatic N) is 1. The number of fused-ring (bicyclic) bond motifs is 1. The molecule has 0 atom stereocenters. The van der Waals surface area contributed by atoms with Crippen LogP contribution < -0.4 is 4.90 Å². The Balaban J connectivity index is 2.27. The van der Waals surface area contributed by atoms with Crippen LogP contribution in [0.25, 0.3) is 6.08 Å². The summed E-state index contributed by atoms with van der Waals surface area (Å²) in [5, 5.41) is 0. The Bertz CT molecular complexity index is 421. The first-order valence-electron chi connectivity index (χ1n) is 5.19. The molecule has 1 aliphatic rings. The zero-order valence-electron chi connectivity index (χ0n) is 9.16. The second kappa shape index (κ2) is 3.89. The maximum absolute atomic E-state index is 10.8. The van der Waals surface area contributed by atoms with E-state index >= 15 is 0 Å². The third-order valence-electron chi connectivity index (χ3n) is 2.74. The fourth-order valence-corrected chi connectivity index (χ4v) is 1.90. The number of benzene rings is 1. The van der Waals surface area contributed by atoms with Gasteiger partial charge in [-0.25, -0.2) is 0 Å². The van der Waals surface area contributed by atoms with Crippen molar-refractivity contribution in [1.82, 2.24) is 0 Å². The standard InChI is InChI=1S/C13H15NO/c1-10(15)3-4-11-5-6-13-12(9-11)7-8-14(13)2/h3-6,9H,7-8H2,1-2H3/b4-3+. The van der Waals surface area contributed by atoms with Crippen LogP contribution in [0.3, 0.4) is 0 Å². The number of allylic oxidation sites excluding steroid dienone is 1. The summed E-state index contributed by atoms with van der Waals surface area (Å²) in [6.07, 6.45) is 4.59. The summed E-state index contributed by atoms with van der Waals surface area (Å²) in [4.78, 5) is 13.1. The first-order chi connectivity index (χ1) is 7.16. The maximum Gasteiger partial charge on any atom is 0.152 e. The van der Waals surface area contributed by atoms with Gasteiger partial charge in [-0.1, -0.05) is 12.1 Å². The van der Waals surface area contributed by atoms with Crippen molar-refractivity contribution in [1.29, 1.82) is 0 Å². The molecule has 0 spiro atoms. The highest BCUT2D eigenvalue weighted by molar-refractivity contribution is 5.91. The molecule has 1 heterocycles. The Labute approximate surface area is 90.2 Å². The summed E-state index contributed by atoms with van der Waals surface area (Å²) in [7, 11) is 2.11. The van der Waals surface area contributed by atoms with Crippen molar-refractivity contribution in [3.63, 3.8) is 0 Å². The minimum atomic E-state index is 0.0904. The van der Waals surface area contributed by atoms with Crippen molar-refractivity contribution in [3.8, 4) is 0 Å². The number of hydrogen-bond acceptors (Lipinski definition) is 2. The van der Waals surface area contributed by atoms with Crippen LogP contribution in [0.15, 0.2) is 24.3 Å². The van der Waals surface area contributed by atoms with E-state index in [4.69, 9.17) is 0 Å². The molecule has 15 heavy (non-hydrogen) atoms. The first-order valence-corrected chi connectivity index (χ1v) is 5.19. The van der Waals surface area contributed by atoms with E-state index in [0.717, 1.165) is 18.5 Å². The first kappa shape index (κ1) is 9.97. The van der Waals surface area contributed by atoms with Crippen molar-refractivity contribution < 1.29 is 4.79 Å². The van der Waals surface area contributed by atoms with Gasteiger partial charge in [0.25, 0.3) is 0 Å². The molecule has 0 aromatic heterocycles. The van der Waals surface area contributed by atoms with Crippen LogP contribution in [0.5, 0.6) is 0 Å². The van der Waals surface area contributed by atoms with Crippen LogP contribution in [-0.2, 0) is 11.2 Å². The van der Waals surface area contributed by atoms with E-state index in [2.05, 4.69) is 30.1 Å². The van der Waals surface area contributed by atoms with Gasteiger partial charge < -0.3 is 4.90 Å². The summed E-state index contributed by atoms with van der Waals surface area (Å²) in [6, 6.07) is 6.35. The van der Waals surface area contributed by atoms with E-state index in [1.165, 1.54) is 11.3 Å². The lowest BCUT2D eigenvalue weighted by atomic mass is 10.1. The number of ketones is 1. The molecule has 0 aliphatic carbocycles. The Kier molecular flexibility index (Phi) is 2.58. The normalized spacial score (nSPS) is 14.7. The monoisotopic (exact) mass is 201 g/mol. The zero-order valence-corrected chi connectivity index (χ0v) is 9.16. The molecule has 0 radical (unpaired) electrons. The number of hydrogen-bond donors (Lipinski definition) is 0. The predicted molar refractivity (Wildman–Crippen MR) is 63.1 cm³/mol. The van der Waals surface area contributed by atoms with E-state index < -0.39 is 0 Å². The molecule has 0 saturated carbocycles. The number of rotatable bonds is 2. The quantitative estimate of drug-likeness (QED) is 0.684. The van der Waals surface area contributed by atoms with E-state index in [1.807, 2.05) is 6.08 Å². The zero-order chi connectivity index (χ0) is 10.8. The van der Waals surface area contributed by atoms with Gasteiger partial charge in [0.05, 0.1) is 0 Å². The highest BCUT2D eigenvalue weighted by atomic mass is 16.1. The van der Waals surface area contributed by atoms with E-state index in [1.54, 1.807) is 13.0 Å². The van der Waals surface area contributed by atoms with Gasteiger partial charge in [0.2, 0.25) is 0 Å². The van der Waals surface area contributed by atoms with Crippen LogP contribution in [0.1, 0.15) is 18.1 Å². The van der Waals surface area contributed by atoms with Crippen LogP contribution in [0, 0.1) is 0 Å². The molecule has 1 aliphatic heterocycles. The maximum atomic E-state index is 10.8. The molecule has 2 nitrogen and oxygen atoms in total. The summed E-state index contributed by atoms with van der Waals surface area (Å²) in [6.45, 7) is 2.66. The van der Waals surface area contributed by atoms with E-state index in [9.17, 15) is 4.79 Å². The van der Waals surface area contributed by atoms with Gasteiger partial charge >= 0.3 is 0 Å². The van der Waals surface area contributed by atoms with Crippen molar-refractivity contribution in [2.75, 3.05) is 18.5 Å². The molecule has 0 amide bonds. The highest BCUT2D eigenvalue weighted by Gasteiger charge is 2.14. The minimum Gasteiger partial charge on any atom is -0.374 e. The Morgan fingerprint density at radius 1 is 1.47 bits per heavy atom. The van der Waals surface area contributed by atoms with Crippen LogP contribution in [0.4, 0.5) is 5.69 Å². The smallest absolute Gasteiger partial charge is 0.152 e. The van der Waals surface area contributed by atoms with Gasteiger partial charge in [-0.3, -0.25) is 4.79 Å². The summed E-state index contributed by atoms with van der Waals surface area (Å²) >= 11 is 0. The SMILES string of the molecule is CC(=O)/C=C/c1ccc2c(c1)CCN2C. The predicted octanol–water partition coefficient (Wildman–Crippen LogP) is 2.28. The lowest BCUT2D eigenvalue weighted by Gasteiger charge is -2.11. The van der Waals surface area contributed by atoms with E-state index in [0.29, 0.717) is 0 Å². The van der Waals surface area contributed by atoms with Crippen LogP contribution in [-0.4, -0.2) is 19.4 Å². The van der Waals surface area contributed by atoms with Crippen LogP contribution in [0.2, 0.25) is 0 Å². The molecule has 78 valence electrons. The topological polar surface area (TPSA) is 20.3 Å². The fraction of sp³-hybridized carbons (Fsp3) is 0.308. The Hall–Kier alpha value is -1.57. The molecule has 0 saturated heterocycles. The largest absolute Gasteiger partial charge is 0.374 e. The average Bonchev–Trinajstić information content (AvgIpc) is 2.57. The molecular weight excluding hydrogens is 186 g/mol.